The summed E-state index contributed by atoms with van der Waals surface area (Å²) in [6.07, 6.45) is 4.62. The Hall–Kier alpha value is -0.610. The molecular weight excluding hydrogens is 278 g/mol. The second-order valence-electron chi connectivity index (χ2n) is 5.04. The average Bonchev–Trinajstić information content (AvgIpc) is 2.79. The van der Waals surface area contributed by atoms with E-state index in [4.69, 9.17) is 0 Å². The maximum atomic E-state index is 4.54. The number of nitrogens with zero attached hydrogens (tertiary/aromatic N) is 3. The molecule has 2 aliphatic rings. The summed E-state index contributed by atoms with van der Waals surface area (Å²) in [6, 6.07) is 2.80. The number of aryl methyl sites for hydroxylation is 1. The quantitative estimate of drug-likeness (QED) is 0.793. The van der Waals surface area contributed by atoms with E-state index >= 15 is 0 Å². The molecule has 0 aromatic carbocycles. The van der Waals surface area contributed by atoms with E-state index in [2.05, 4.69) is 43.7 Å². The number of halogens is 1. The summed E-state index contributed by atoms with van der Waals surface area (Å²) in [4.78, 5) is 9.60. The van der Waals surface area contributed by atoms with Crippen molar-refractivity contribution in [1.82, 2.24) is 9.88 Å². The van der Waals surface area contributed by atoms with E-state index < -0.39 is 0 Å². The molecule has 1 aromatic heterocycles. The van der Waals surface area contributed by atoms with E-state index in [1.165, 1.54) is 31.5 Å². The lowest BCUT2D eigenvalue weighted by molar-refractivity contribution is 0.230. The Kier molecular flexibility index (Phi) is 3.09. The first kappa shape index (κ1) is 11.5. The van der Waals surface area contributed by atoms with E-state index in [-0.39, 0.29) is 0 Å². The molecule has 1 unspecified atom stereocenters. The highest BCUT2D eigenvalue weighted by atomic mass is 79.9. The molecule has 3 nitrogen and oxygen atoms in total. The standard InChI is InChI=1S/C13H18BrN3/c1-10-4-5-15-13(12(10)14)17-8-7-16-6-2-3-11(16)9-17/h4-5,11H,2-3,6-9H2,1H3. The lowest BCUT2D eigenvalue weighted by Gasteiger charge is -2.38. The summed E-state index contributed by atoms with van der Waals surface area (Å²) in [5.74, 6) is 1.12. The predicted octanol–water partition coefficient (Wildman–Crippen LogP) is 2.44. The highest BCUT2D eigenvalue weighted by Crippen LogP contribution is 2.30. The topological polar surface area (TPSA) is 19.4 Å². The van der Waals surface area contributed by atoms with Gasteiger partial charge in [-0.3, -0.25) is 4.90 Å². The minimum absolute atomic E-state index is 0.748. The van der Waals surface area contributed by atoms with E-state index in [0.29, 0.717) is 0 Å². The minimum Gasteiger partial charge on any atom is -0.353 e. The second kappa shape index (κ2) is 4.58. The molecule has 0 amide bonds. The van der Waals surface area contributed by atoms with Crippen molar-refractivity contribution in [3.63, 3.8) is 0 Å². The summed E-state index contributed by atoms with van der Waals surface area (Å²) in [7, 11) is 0. The largest absolute Gasteiger partial charge is 0.353 e. The maximum absolute atomic E-state index is 4.54. The molecule has 17 heavy (non-hydrogen) atoms. The Labute approximate surface area is 111 Å². The van der Waals surface area contributed by atoms with Crippen LogP contribution in [0.25, 0.3) is 0 Å². The van der Waals surface area contributed by atoms with Crippen molar-refractivity contribution in [3.05, 3.63) is 22.3 Å². The van der Waals surface area contributed by atoms with Crippen molar-refractivity contribution in [2.75, 3.05) is 31.1 Å². The molecule has 0 N–H and O–H groups in total. The zero-order valence-electron chi connectivity index (χ0n) is 10.2. The zero-order valence-corrected chi connectivity index (χ0v) is 11.8. The van der Waals surface area contributed by atoms with Gasteiger partial charge in [0.1, 0.15) is 5.82 Å². The van der Waals surface area contributed by atoms with Crippen molar-refractivity contribution in [2.45, 2.75) is 25.8 Å². The van der Waals surface area contributed by atoms with Crippen LogP contribution >= 0.6 is 15.9 Å². The van der Waals surface area contributed by atoms with Crippen LogP contribution in [0.2, 0.25) is 0 Å². The number of anilines is 1. The first-order valence-corrected chi connectivity index (χ1v) is 7.15. The van der Waals surface area contributed by atoms with E-state index in [9.17, 15) is 0 Å². The fourth-order valence-corrected chi connectivity index (χ4v) is 3.42. The number of hydrogen-bond donors (Lipinski definition) is 0. The molecule has 0 aliphatic carbocycles. The summed E-state index contributed by atoms with van der Waals surface area (Å²) in [5, 5.41) is 0. The number of pyridine rings is 1. The summed E-state index contributed by atoms with van der Waals surface area (Å²) < 4.78 is 1.16. The number of fused-ring (bicyclic) bond motifs is 1. The van der Waals surface area contributed by atoms with Gasteiger partial charge in [0.25, 0.3) is 0 Å². The van der Waals surface area contributed by atoms with Gasteiger partial charge in [-0.2, -0.15) is 0 Å². The van der Waals surface area contributed by atoms with E-state index in [0.717, 1.165) is 29.4 Å². The van der Waals surface area contributed by atoms with Gasteiger partial charge in [-0.15, -0.1) is 0 Å². The first-order valence-electron chi connectivity index (χ1n) is 6.36. The number of piperazine rings is 1. The molecule has 0 saturated carbocycles. The van der Waals surface area contributed by atoms with Gasteiger partial charge in [0.2, 0.25) is 0 Å². The Balaban J connectivity index is 1.82. The Morgan fingerprint density at radius 1 is 1.35 bits per heavy atom. The van der Waals surface area contributed by atoms with Crippen LogP contribution in [0, 0.1) is 6.92 Å². The van der Waals surface area contributed by atoms with Gasteiger partial charge in [-0.25, -0.2) is 4.98 Å². The first-order chi connectivity index (χ1) is 8.25. The molecule has 2 aliphatic heterocycles. The van der Waals surface area contributed by atoms with Gasteiger partial charge in [-0.1, -0.05) is 0 Å². The number of aromatic nitrogens is 1. The van der Waals surface area contributed by atoms with Crippen LogP contribution < -0.4 is 4.90 Å². The molecule has 3 heterocycles. The molecule has 0 spiro atoms. The molecule has 2 saturated heterocycles. The normalized spacial score (nSPS) is 25.1. The Bertz CT molecular complexity index is 421. The molecule has 1 aromatic rings. The van der Waals surface area contributed by atoms with Gasteiger partial charge < -0.3 is 4.90 Å². The van der Waals surface area contributed by atoms with Gasteiger partial charge in [0.05, 0.1) is 4.47 Å². The Morgan fingerprint density at radius 3 is 3.12 bits per heavy atom. The third kappa shape index (κ3) is 2.08. The van der Waals surface area contributed by atoms with Crippen LogP contribution in [0.15, 0.2) is 16.7 Å². The molecule has 0 bridgehead atoms. The fraction of sp³-hybridized carbons (Fsp3) is 0.615. The van der Waals surface area contributed by atoms with Crippen molar-refractivity contribution in [2.24, 2.45) is 0 Å². The number of rotatable bonds is 1. The average molecular weight is 296 g/mol. The number of hydrogen-bond acceptors (Lipinski definition) is 3. The zero-order chi connectivity index (χ0) is 11.8. The molecule has 92 valence electrons. The van der Waals surface area contributed by atoms with Crippen molar-refractivity contribution in [3.8, 4) is 0 Å². The molecular formula is C13H18BrN3. The van der Waals surface area contributed by atoms with Gasteiger partial charge in [0.15, 0.2) is 0 Å². The summed E-state index contributed by atoms with van der Waals surface area (Å²) in [6.45, 7) is 6.84. The maximum Gasteiger partial charge on any atom is 0.143 e. The van der Waals surface area contributed by atoms with Crippen molar-refractivity contribution < 1.29 is 0 Å². The van der Waals surface area contributed by atoms with E-state index in [1.54, 1.807) is 0 Å². The van der Waals surface area contributed by atoms with Crippen molar-refractivity contribution in [1.29, 1.82) is 0 Å². The molecule has 0 radical (unpaired) electrons. The van der Waals surface area contributed by atoms with Gasteiger partial charge in [0, 0.05) is 31.9 Å². The Morgan fingerprint density at radius 2 is 2.24 bits per heavy atom. The van der Waals surface area contributed by atoms with Crippen LogP contribution in [-0.2, 0) is 0 Å². The predicted molar refractivity (Wildman–Crippen MR) is 73.5 cm³/mol. The summed E-state index contributed by atoms with van der Waals surface area (Å²) >= 11 is 3.67. The highest BCUT2D eigenvalue weighted by molar-refractivity contribution is 9.10. The third-order valence-corrected chi connectivity index (χ3v) is 4.93. The highest BCUT2D eigenvalue weighted by Gasteiger charge is 2.31. The fourth-order valence-electron chi connectivity index (χ4n) is 2.93. The van der Waals surface area contributed by atoms with Crippen LogP contribution in [0.4, 0.5) is 5.82 Å². The lowest BCUT2D eigenvalue weighted by atomic mass is 10.1. The van der Waals surface area contributed by atoms with Crippen molar-refractivity contribution >= 4 is 21.7 Å². The van der Waals surface area contributed by atoms with Crippen LogP contribution in [-0.4, -0.2) is 42.1 Å². The van der Waals surface area contributed by atoms with Gasteiger partial charge in [-0.05, 0) is 53.9 Å². The monoisotopic (exact) mass is 295 g/mol. The third-order valence-electron chi connectivity index (χ3n) is 3.95. The molecule has 3 rings (SSSR count). The van der Waals surface area contributed by atoms with Crippen LogP contribution in [0.5, 0.6) is 0 Å². The lowest BCUT2D eigenvalue weighted by Crippen LogP contribution is -2.50. The SMILES string of the molecule is Cc1ccnc(N2CCN3CCCC3C2)c1Br. The molecule has 4 heteroatoms. The second-order valence-corrected chi connectivity index (χ2v) is 5.84. The molecule has 2 fully saturated rings. The smallest absolute Gasteiger partial charge is 0.143 e. The summed E-state index contributed by atoms with van der Waals surface area (Å²) in [5.41, 5.74) is 1.27. The minimum atomic E-state index is 0.748. The van der Waals surface area contributed by atoms with E-state index in [1.807, 2.05) is 6.20 Å². The van der Waals surface area contributed by atoms with Crippen LogP contribution in [0.1, 0.15) is 18.4 Å². The van der Waals surface area contributed by atoms with Crippen LogP contribution in [0.3, 0.4) is 0 Å². The van der Waals surface area contributed by atoms with Gasteiger partial charge >= 0.3 is 0 Å². The molecule has 1 atom stereocenters.